The van der Waals surface area contributed by atoms with Crippen LogP contribution in [0.25, 0.3) is 0 Å². The fourth-order valence-corrected chi connectivity index (χ4v) is 5.93. The van der Waals surface area contributed by atoms with Crippen LogP contribution in [0.15, 0.2) is 85.1 Å². The maximum atomic E-state index is 14.0. The zero-order chi connectivity index (χ0) is 32.8. The quantitative estimate of drug-likeness (QED) is 0.188. The highest BCUT2D eigenvalue weighted by molar-refractivity contribution is 7.92. The number of carbonyl (C=O) groups excluding carboxylic acids is 2. The van der Waals surface area contributed by atoms with E-state index in [0.29, 0.717) is 23.9 Å². The molecule has 1 aromatic heterocycles. The Morgan fingerprint density at radius 1 is 1.02 bits per heavy atom. The lowest BCUT2D eigenvalue weighted by atomic mass is 10.0. The van der Waals surface area contributed by atoms with Crippen molar-refractivity contribution in [1.29, 1.82) is 0 Å². The molecule has 0 radical (unpaired) electrons. The SMILES string of the molecule is Cc1cc(NS(C)(=O)=O)ccc1Oc1ccc(CN2CCC(N(C(=O)Nc3ccc(F)c(C(N)=O)c3)c3ccccc3)CC2)cn1.Cl. The molecule has 0 bridgehead atoms. The lowest BCUT2D eigenvalue weighted by Crippen LogP contribution is -2.49. The van der Waals surface area contributed by atoms with E-state index in [-0.39, 0.29) is 35.7 Å². The van der Waals surface area contributed by atoms with E-state index in [2.05, 4.69) is 19.9 Å². The number of ether oxygens (including phenoxy) is 1. The van der Waals surface area contributed by atoms with Crippen LogP contribution in [0, 0.1) is 12.7 Å². The molecule has 1 fully saturated rings. The molecular weight excluding hydrogens is 647 g/mol. The molecule has 5 rings (SSSR count). The van der Waals surface area contributed by atoms with Gasteiger partial charge < -0.3 is 15.8 Å². The molecule has 3 aromatic carbocycles. The van der Waals surface area contributed by atoms with Crippen molar-refractivity contribution in [1.82, 2.24) is 9.88 Å². The standard InChI is InChI=1S/C33H35FN6O5S.ClH/c1-22-18-25(38-46(2,43)44)10-12-30(22)45-31-13-8-23(20-36-31)21-39-16-14-27(15-17-39)40(26-6-4-3-5-7-26)33(42)37-24-9-11-29(34)28(19-24)32(35)41;/h3-13,18-20,27,38H,14-17,21H2,1-2H3,(H2,35,41)(H,37,42);1H. The number of primary amides is 1. The third kappa shape index (κ3) is 9.41. The number of aryl methyl sites for hydroxylation is 1. The normalized spacial score (nSPS) is 13.7. The van der Waals surface area contributed by atoms with Gasteiger partial charge in [-0.3, -0.25) is 19.3 Å². The largest absolute Gasteiger partial charge is 0.439 e. The first-order valence-electron chi connectivity index (χ1n) is 14.6. The van der Waals surface area contributed by atoms with E-state index in [1.807, 2.05) is 43.3 Å². The number of hydrogen-bond donors (Lipinski definition) is 3. The van der Waals surface area contributed by atoms with Gasteiger partial charge in [0.1, 0.15) is 11.6 Å². The smallest absolute Gasteiger partial charge is 0.326 e. The Bertz CT molecular complexity index is 1820. The van der Waals surface area contributed by atoms with E-state index in [0.717, 1.165) is 55.1 Å². The van der Waals surface area contributed by atoms with Crippen molar-refractivity contribution in [2.75, 3.05) is 34.3 Å². The minimum atomic E-state index is -3.37. The number of urea groups is 1. The van der Waals surface area contributed by atoms with Gasteiger partial charge in [0, 0.05) is 55.0 Å². The van der Waals surface area contributed by atoms with E-state index < -0.39 is 21.7 Å². The van der Waals surface area contributed by atoms with Crippen molar-refractivity contribution in [3.8, 4) is 11.6 Å². The number of para-hydroxylation sites is 1. The van der Waals surface area contributed by atoms with Crippen LogP contribution >= 0.6 is 12.4 Å². The molecule has 0 unspecified atom stereocenters. The topological polar surface area (TPSA) is 147 Å². The molecule has 4 aromatic rings. The molecule has 47 heavy (non-hydrogen) atoms. The molecule has 0 spiro atoms. The highest BCUT2D eigenvalue weighted by Gasteiger charge is 2.29. The number of benzene rings is 3. The first kappa shape index (κ1) is 35.1. The summed E-state index contributed by atoms with van der Waals surface area (Å²) < 4.78 is 45.3. The lowest BCUT2D eigenvalue weighted by Gasteiger charge is -2.38. The second kappa shape index (κ2) is 15.2. The van der Waals surface area contributed by atoms with Gasteiger partial charge in [0.2, 0.25) is 15.9 Å². The van der Waals surface area contributed by atoms with Gasteiger partial charge in [-0.15, -0.1) is 12.4 Å². The number of nitrogens with zero attached hydrogens (tertiary/aromatic N) is 3. The molecule has 1 aliphatic heterocycles. The minimum Gasteiger partial charge on any atom is -0.439 e. The van der Waals surface area contributed by atoms with E-state index in [1.165, 1.54) is 12.1 Å². The van der Waals surface area contributed by atoms with Crippen LogP contribution in [0.4, 0.5) is 26.2 Å². The van der Waals surface area contributed by atoms with Crippen molar-refractivity contribution in [2.24, 2.45) is 5.73 Å². The lowest BCUT2D eigenvalue weighted by molar-refractivity contribution is 0.0996. The van der Waals surface area contributed by atoms with Crippen molar-refractivity contribution >= 4 is 51.4 Å². The van der Waals surface area contributed by atoms with E-state index in [9.17, 15) is 22.4 Å². The Morgan fingerprint density at radius 3 is 2.34 bits per heavy atom. The van der Waals surface area contributed by atoms with Crippen LogP contribution in [0.5, 0.6) is 11.6 Å². The summed E-state index contributed by atoms with van der Waals surface area (Å²) in [5, 5.41) is 2.80. The maximum absolute atomic E-state index is 14.0. The highest BCUT2D eigenvalue weighted by Crippen LogP contribution is 2.28. The summed E-state index contributed by atoms with van der Waals surface area (Å²) in [4.78, 5) is 33.6. The van der Waals surface area contributed by atoms with Gasteiger partial charge in [0.15, 0.2) is 0 Å². The molecule has 248 valence electrons. The summed E-state index contributed by atoms with van der Waals surface area (Å²) in [7, 11) is -3.37. The molecule has 11 nitrogen and oxygen atoms in total. The summed E-state index contributed by atoms with van der Waals surface area (Å²) >= 11 is 0. The first-order valence-corrected chi connectivity index (χ1v) is 16.5. The number of rotatable bonds is 10. The highest BCUT2D eigenvalue weighted by atomic mass is 35.5. The summed E-state index contributed by atoms with van der Waals surface area (Å²) in [6.07, 6.45) is 4.30. The molecule has 14 heteroatoms. The summed E-state index contributed by atoms with van der Waals surface area (Å²) in [6, 6.07) is 21.4. The number of likely N-dealkylation sites (tertiary alicyclic amines) is 1. The number of amides is 3. The summed E-state index contributed by atoms with van der Waals surface area (Å²) in [5.74, 6) is -0.671. The second-order valence-electron chi connectivity index (χ2n) is 11.2. The number of hydrogen-bond acceptors (Lipinski definition) is 7. The molecule has 1 saturated heterocycles. The van der Waals surface area contributed by atoms with Crippen LogP contribution in [-0.4, -0.2) is 55.6 Å². The second-order valence-corrected chi connectivity index (χ2v) is 12.9. The Balaban J connectivity index is 0.00000500. The molecule has 0 aliphatic carbocycles. The van der Waals surface area contributed by atoms with Gasteiger partial charge in [-0.25, -0.2) is 22.6 Å². The third-order valence-corrected chi connectivity index (χ3v) is 8.16. The van der Waals surface area contributed by atoms with Gasteiger partial charge in [-0.05, 0) is 79.4 Å². The number of sulfonamides is 1. The molecule has 3 amide bonds. The number of pyridine rings is 1. The van der Waals surface area contributed by atoms with E-state index in [1.54, 1.807) is 35.4 Å². The molecule has 2 heterocycles. The van der Waals surface area contributed by atoms with Crippen molar-refractivity contribution in [2.45, 2.75) is 32.4 Å². The fourth-order valence-electron chi connectivity index (χ4n) is 5.37. The van der Waals surface area contributed by atoms with E-state index >= 15 is 0 Å². The number of carbonyl (C=O) groups is 2. The van der Waals surface area contributed by atoms with Gasteiger partial charge in [0.05, 0.1) is 11.8 Å². The van der Waals surface area contributed by atoms with Crippen molar-refractivity contribution < 1.29 is 27.1 Å². The van der Waals surface area contributed by atoms with E-state index in [4.69, 9.17) is 10.5 Å². The zero-order valence-corrected chi connectivity index (χ0v) is 27.5. The van der Waals surface area contributed by atoms with Gasteiger partial charge in [-0.1, -0.05) is 24.3 Å². The van der Waals surface area contributed by atoms with Crippen molar-refractivity contribution in [3.05, 3.63) is 108 Å². The number of piperidine rings is 1. The fraction of sp³-hybridized carbons (Fsp3) is 0.242. The average Bonchev–Trinajstić information content (AvgIpc) is 3.01. The Labute approximate surface area is 279 Å². The molecular formula is C33H36ClFN6O5S. The number of halogens is 2. The number of aromatic nitrogens is 1. The van der Waals surface area contributed by atoms with Gasteiger partial charge in [0.25, 0.3) is 5.91 Å². The van der Waals surface area contributed by atoms with Gasteiger partial charge in [-0.2, -0.15) is 0 Å². The number of nitrogens with one attached hydrogen (secondary N) is 2. The maximum Gasteiger partial charge on any atom is 0.326 e. The van der Waals surface area contributed by atoms with Gasteiger partial charge >= 0.3 is 6.03 Å². The third-order valence-electron chi connectivity index (χ3n) is 7.55. The zero-order valence-electron chi connectivity index (χ0n) is 25.9. The molecule has 4 N–H and O–H groups in total. The predicted octanol–water partition coefficient (Wildman–Crippen LogP) is 5.92. The monoisotopic (exact) mass is 682 g/mol. The molecule has 1 aliphatic rings. The Kier molecular flexibility index (Phi) is 11.4. The van der Waals surface area contributed by atoms with Crippen LogP contribution in [0.2, 0.25) is 0 Å². The summed E-state index contributed by atoms with van der Waals surface area (Å²) in [6.45, 7) is 3.99. The summed E-state index contributed by atoms with van der Waals surface area (Å²) in [5.41, 5.74) is 8.21. The Morgan fingerprint density at radius 2 is 1.72 bits per heavy atom. The molecule has 0 saturated carbocycles. The van der Waals surface area contributed by atoms with Crippen LogP contribution in [0.3, 0.4) is 0 Å². The predicted molar refractivity (Wildman–Crippen MR) is 182 cm³/mol. The Hall–Kier alpha value is -4.72. The first-order chi connectivity index (χ1) is 21.9. The van der Waals surface area contributed by atoms with Crippen molar-refractivity contribution in [3.63, 3.8) is 0 Å². The van der Waals surface area contributed by atoms with Crippen LogP contribution < -0.4 is 25.4 Å². The minimum absolute atomic E-state index is 0. The number of anilines is 3. The van der Waals surface area contributed by atoms with Crippen LogP contribution in [-0.2, 0) is 16.6 Å². The molecule has 0 atom stereocenters. The number of nitrogens with two attached hydrogens (primary N) is 1. The van der Waals surface area contributed by atoms with Crippen LogP contribution in [0.1, 0.15) is 34.3 Å². The average molecular weight is 683 g/mol.